The lowest BCUT2D eigenvalue weighted by molar-refractivity contribution is -0.153. The van der Waals surface area contributed by atoms with Crippen LogP contribution in [0.15, 0.2) is 24.3 Å². The molecule has 0 spiro atoms. The Bertz CT molecular complexity index is 837. The van der Waals surface area contributed by atoms with Crippen LogP contribution in [0.4, 0.5) is 5.69 Å². The van der Waals surface area contributed by atoms with E-state index < -0.39 is 0 Å². The van der Waals surface area contributed by atoms with Gasteiger partial charge < -0.3 is 19.4 Å². The molecule has 0 saturated carbocycles. The lowest BCUT2D eigenvalue weighted by Crippen LogP contribution is -2.57. The van der Waals surface area contributed by atoms with Crippen LogP contribution in [-0.4, -0.2) is 97.5 Å². The molecule has 3 saturated heterocycles. The van der Waals surface area contributed by atoms with E-state index in [2.05, 4.69) is 9.80 Å². The van der Waals surface area contributed by atoms with Crippen LogP contribution < -0.4 is 4.90 Å². The molecule has 8 nitrogen and oxygen atoms in total. The number of para-hydroxylation sites is 1. The molecule has 3 fully saturated rings. The van der Waals surface area contributed by atoms with Gasteiger partial charge in [0, 0.05) is 39.3 Å². The number of carbonyl (C=O) groups excluding carboxylic acids is 3. The van der Waals surface area contributed by atoms with Crippen molar-refractivity contribution in [3.05, 3.63) is 29.8 Å². The first-order valence-corrected chi connectivity index (χ1v) is 11.9. The fraction of sp³-hybridized carbons (Fsp3) is 0.625. The third-order valence-electron chi connectivity index (χ3n) is 6.67. The van der Waals surface area contributed by atoms with Gasteiger partial charge in [-0.2, -0.15) is 0 Å². The molecule has 3 heterocycles. The van der Waals surface area contributed by atoms with Gasteiger partial charge in [0.1, 0.15) is 6.04 Å². The van der Waals surface area contributed by atoms with Gasteiger partial charge in [-0.3, -0.25) is 14.5 Å². The Morgan fingerprint density at radius 2 is 1.84 bits per heavy atom. The Hall–Kier alpha value is -2.61. The first kappa shape index (κ1) is 22.6. The number of nitrogens with zero attached hydrogens (tertiary/aromatic N) is 4. The number of piperazine rings is 2. The van der Waals surface area contributed by atoms with Gasteiger partial charge >= 0.3 is 5.97 Å². The van der Waals surface area contributed by atoms with Crippen LogP contribution >= 0.6 is 0 Å². The van der Waals surface area contributed by atoms with E-state index in [9.17, 15) is 14.4 Å². The van der Waals surface area contributed by atoms with E-state index in [0.717, 1.165) is 70.6 Å². The molecule has 0 radical (unpaired) electrons. The van der Waals surface area contributed by atoms with Crippen LogP contribution in [-0.2, 0) is 14.3 Å². The number of ether oxygens (including phenoxy) is 1. The van der Waals surface area contributed by atoms with Crippen molar-refractivity contribution in [3.63, 3.8) is 0 Å². The number of amides is 2. The van der Waals surface area contributed by atoms with Gasteiger partial charge in [-0.05, 0) is 44.4 Å². The average Bonchev–Trinajstić information content (AvgIpc) is 3.32. The molecule has 0 N–H and O–H groups in total. The Labute approximate surface area is 190 Å². The molecular weight excluding hydrogens is 408 g/mol. The van der Waals surface area contributed by atoms with Gasteiger partial charge in [0.2, 0.25) is 11.8 Å². The maximum atomic E-state index is 12.7. The van der Waals surface area contributed by atoms with Crippen molar-refractivity contribution in [2.75, 3.05) is 63.9 Å². The van der Waals surface area contributed by atoms with Crippen molar-refractivity contribution >= 4 is 23.5 Å². The minimum Gasteiger partial charge on any atom is -0.462 e. The van der Waals surface area contributed by atoms with Gasteiger partial charge in [0.25, 0.3) is 0 Å². The summed E-state index contributed by atoms with van der Waals surface area (Å²) >= 11 is 0. The molecule has 1 aromatic rings. The summed E-state index contributed by atoms with van der Waals surface area (Å²) < 4.78 is 5.35. The third-order valence-corrected chi connectivity index (χ3v) is 6.67. The highest BCUT2D eigenvalue weighted by Crippen LogP contribution is 2.25. The average molecular weight is 443 g/mol. The smallest absolute Gasteiger partial charge is 0.340 e. The first-order chi connectivity index (χ1) is 15.6. The Morgan fingerprint density at radius 1 is 1.06 bits per heavy atom. The molecule has 8 heteroatoms. The van der Waals surface area contributed by atoms with E-state index in [1.807, 2.05) is 31.2 Å². The summed E-state index contributed by atoms with van der Waals surface area (Å²) in [6.07, 6.45) is 3.41. The van der Waals surface area contributed by atoms with Crippen molar-refractivity contribution in [2.45, 2.75) is 38.6 Å². The molecule has 1 aromatic carbocycles. The fourth-order valence-electron chi connectivity index (χ4n) is 4.95. The quantitative estimate of drug-likeness (QED) is 0.570. The zero-order valence-electron chi connectivity index (χ0n) is 19.0. The molecule has 1 atom stereocenters. The van der Waals surface area contributed by atoms with Crippen LogP contribution in [0.3, 0.4) is 0 Å². The molecule has 32 heavy (non-hydrogen) atoms. The number of hydrogen-bond acceptors (Lipinski definition) is 6. The van der Waals surface area contributed by atoms with E-state index >= 15 is 0 Å². The van der Waals surface area contributed by atoms with Crippen molar-refractivity contribution in [1.82, 2.24) is 14.7 Å². The summed E-state index contributed by atoms with van der Waals surface area (Å²) in [6, 6.07) is 7.44. The van der Waals surface area contributed by atoms with E-state index in [-0.39, 0.29) is 30.4 Å². The van der Waals surface area contributed by atoms with Crippen LogP contribution in [0, 0.1) is 0 Å². The van der Waals surface area contributed by atoms with E-state index in [1.165, 1.54) is 0 Å². The fourth-order valence-corrected chi connectivity index (χ4v) is 4.95. The minimum absolute atomic E-state index is 0.0943. The van der Waals surface area contributed by atoms with Gasteiger partial charge in [-0.1, -0.05) is 19.1 Å². The number of fused-ring (bicyclic) bond motifs is 1. The molecule has 2 amide bonds. The van der Waals surface area contributed by atoms with Gasteiger partial charge in [-0.15, -0.1) is 0 Å². The van der Waals surface area contributed by atoms with Crippen molar-refractivity contribution in [1.29, 1.82) is 0 Å². The van der Waals surface area contributed by atoms with Crippen LogP contribution in [0.1, 0.15) is 43.0 Å². The van der Waals surface area contributed by atoms with Gasteiger partial charge in [0.15, 0.2) is 0 Å². The highest BCUT2D eigenvalue weighted by Gasteiger charge is 2.41. The minimum atomic E-state index is -0.258. The maximum Gasteiger partial charge on any atom is 0.340 e. The highest BCUT2D eigenvalue weighted by molar-refractivity contribution is 5.96. The second-order valence-electron chi connectivity index (χ2n) is 8.84. The zero-order chi connectivity index (χ0) is 22.5. The SMILES string of the molecule is CCCOC(=O)c1ccccc1N1CCN(CCCN2CC(=O)N3CCCC3C2=O)CC1. The number of anilines is 1. The molecule has 4 rings (SSSR count). The topological polar surface area (TPSA) is 73.4 Å². The maximum absolute atomic E-state index is 12.7. The summed E-state index contributed by atoms with van der Waals surface area (Å²) in [4.78, 5) is 45.5. The predicted molar refractivity (Wildman–Crippen MR) is 122 cm³/mol. The number of hydrogen-bond donors (Lipinski definition) is 0. The standard InChI is InChI=1S/C24H34N4O4/c1-2-17-32-24(31)19-7-3-4-8-20(19)26-15-13-25(14-16-26)10-6-11-27-18-22(29)28-12-5-9-21(28)23(27)30/h3-4,7-8,21H,2,5-6,9-18H2,1H3. The van der Waals surface area contributed by atoms with Crippen molar-refractivity contribution in [2.24, 2.45) is 0 Å². The summed E-state index contributed by atoms with van der Waals surface area (Å²) in [6.45, 7) is 8.42. The monoisotopic (exact) mass is 442 g/mol. The molecule has 174 valence electrons. The third kappa shape index (κ3) is 4.90. The number of esters is 1. The molecule has 3 aliphatic heterocycles. The Balaban J connectivity index is 1.24. The number of rotatable bonds is 8. The van der Waals surface area contributed by atoms with E-state index in [4.69, 9.17) is 4.74 Å². The molecule has 0 bridgehead atoms. The zero-order valence-corrected chi connectivity index (χ0v) is 19.0. The number of carbonyl (C=O) groups is 3. The normalized spacial score (nSPS) is 21.8. The predicted octanol–water partition coefficient (Wildman–Crippen LogP) is 1.60. The summed E-state index contributed by atoms with van der Waals surface area (Å²) in [5.41, 5.74) is 1.57. The second-order valence-corrected chi connectivity index (χ2v) is 8.84. The lowest BCUT2D eigenvalue weighted by atomic mass is 10.1. The lowest BCUT2D eigenvalue weighted by Gasteiger charge is -2.38. The van der Waals surface area contributed by atoms with E-state index in [1.54, 1.807) is 9.80 Å². The highest BCUT2D eigenvalue weighted by atomic mass is 16.5. The van der Waals surface area contributed by atoms with Crippen LogP contribution in [0.25, 0.3) is 0 Å². The Morgan fingerprint density at radius 3 is 2.62 bits per heavy atom. The summed E-state index contributed by atoms with van der Waals surface area (Å²) in [7, 11) is 0. The van der Waals surface area contributed by atoms with Gasteiger partial charge in [-0.25, -0.2) is 4.79 Å². The number of benzene rings is 1. The largest absolute Gasteiger partial charge is 0.462 e. The van der Waals surface area contributed by atoms with Crippen LogP contribution in [0.5, 0.6) is 0 Å². The van der Waals surface area contributed by atoms with Gasteiger partial charge in [0.05, 0.1) is 24.4 Å². The molecular formula is C24H34N4O4. The summed E-state index contributed by atoms with van der Waals surface area (Å²) in [5, 5.41) is 0. The summed E-state index contributed by atoms with van der Waals surface area (Å²) in [5.74, 6) is -0.0400. The molecule has 1 unspecified atom stereocenters. The first-order valence-electron chi connectivity index (χ1n) is 11.9. The Kier molecular flexibility index (Phi) is 7.29. The van der Waals surface area contributed by atoms with Crippen molar-refractivity contribution in [3.8, 4) is 0 Å². The molecule has 0 aromatic heterocycles. The van der Waals surface area contributed by atoms with Crippen LogP contribution in [0.2, 0.25) is 0 Å². The van der Waals surface area contributed by atoms with Crippen molar-refractivity contribution < 1.29 is 19.1 Å². The van der Waals surface area contributed by atoms with E-state index in [0.29, 0.717) is 18.7 Å². The second kappa shape index (κ2) is 10.3. The molecule has 3 aliphatic rings. The molecule has 0 aliphatic carbocycles.